The molecule has 0 radical (unpaired) electrons. The van der Waals surface area contributed by atoms with Crippen LogP contribution in [-0.2, 0) is 21.7 Å². The number of carbonyl (C=O) groups excluding carboxylic acids is 3. The average Bonchev–Trinajstić information content (AvgIpc) is 3.62. The Bertz CT molecular complexity index is 1740. The number of amides is 1. The first-order valence-corrected chi connectivity index (χ1v) is 14.9. The van der Waals surface area contributed by atoms with E-state index in [2.05, 4.69) is 96.5 Å². The number of benzene rings is 4. The average molecular weight is 572 g/mol. The summed E-state index contributed by atoms with van der Waals surface area (Å²) in [5, 5.41) is 3.46. The van der Waals surface area contributed by atoms with E-state index >= 15 is 0 Å². The van der Waals surface area contributed by atoms with Crippen LogP contribution in [0.25, 0.3) is 22.2 Å². The van der Waals surface area contributed by atoms with Crippen LogP contribution in [0.1, 0.15) is 78.3 Å². The largest absolute Gasteiger partial charge is 0.373 e. The van der Waals surface area contributed by atoms with E-state index in [1.165, 1.54) is 27.8 Å². The van der Waals surface area contributed by atoms with Gasteiger partial charge in [0.2, 0.25) is 0 Å². The number of hydrogen-bond acceptors (Lipinski definition) is 4. The van der Waals surface area contributed by atoms with E-state index in [0.29, 0.717) is 11.5 Å². The van der Waals surface area contributed by atoms with Crippen LogP contribution in [0.5, 0.6) is 0 Å². The van der Waals surface area contributed by atoms with E-state index in [-0.39, 0.29) is 17.6 Å². The van der Waals surface area contributed by atoms with Crippen LogP contribution in [-0.4, -0.2) is 21.6 Å². The molecule has 1 aromatic heterocycles. The van der Waals surface area contributed by atoms with Crippen LogP contribution < -0.4 is 5.32 Å². The molecule has 0 atom stereocenters. The quantitative estimate of drug-likeness (QED) is 0.216. The molecule has 43 heavy (non-hydrogen) atoms. The molecule has 1 amide bonds. The molecule has 5 aromatic rings. The Morgan fingerprint density at radius 3 is 2.23 bits per heavy atom. The van der Waals surface area contributed by atoms with Gasteiger partial charge in [0.05, 0.1) is 16.6 Å². The predicted octanol–water partition coefficient (Wildman–Crippen LogP) is 7.80. The van der Waals surface area contributed by atoms with Gasteiger partial charge < -0.3 is 9.88 Å². The Kier molecular flexibility index (Phi) is 8.98. The lowest BCUT2D eigenvalue weighted by atomic mass is 9.85. The van der Waals surface area contributed by atoms with Gasteiger partial charge >= 0.3 is 6.15 Å². The molecule has 1 saturated carbocycles. The maximum absolute atomic E-state index is 13.6. The monoisotopic (exact) mass is 571 g/mol. The van der Waals surface area contributed by atoms with Gasteiger partial charge in [-0.25, -0.2) is 4.98 Å². The number of aryl methyl sites for hydroxylation is 1. The number of rotatable bonds is 7. The van der Waals surface area contributed by atoms with Crippen LogP contribution in [0.15, 0.2) is 97.1 Å². The molecule has 6 rings (SSSR count). The van der Waals surface area contributed by atoms with Gasteiger partial charge in [0.15, 0.2) is 0 Å². The number of fused-ring (bicyclic) bond motifs is 1. The minimum absolute atomic E-state index is 0.0255. The van der Waals surface area contributed by atoms with Crippen LogP contribution in [0, 0.1) is 6.92 Å². The summed E-state index contributed by atoms with van der Waals surface area (Å²) in [4.78, 5) is 34.7. The fraction of sp³-hybridized carbons (Fsp3) is 0.270. The second-order valence-electron chi connectivity index (χ2n) is 11.6. The lowest BCUT2D eigenvalue weighted by Crippen LogP contribution is -2.43. The van der Waals surface area contributed by atoms with Gasteiger partial charge in [-0.15, -0.1) is 0 Å². The molecular weight excluding hydrogens is 534 g/mol. The Hall–Kier alpha value is -4.80. The molecule has 0 saturated heterocycles. The number of carbonyl (C=O) groups is 1. The number of imidazole rings is 1. The first-order valence-electron chi connectivity index (χ1n) is 14.9. The molecule has 0 unspecified atom stereocenters. The number of nitrogens with zero attached hydrogens (tertiary/aromatic N) is 2. The van der Waals surface area contributed by atoms with Crippen LogP contribution >= 0.6 is 0 Å². The van der Waals surface area contributed by atoms with E-state index in [4.69, 9.17) is 14.6 Å². The van der Waals surface area contributed by atoms with Gasteiger partial charge in [-0.2, -0.15) is 9.59 Å². The Morgan fingerprint density at radius 1 is 0.884 bits per heavy atom. The standard InChI is InChI=1S/C36H37N3O.CO2/c1-25(2)30-12-9-13-32(22-30)36(20-7-8-21-36)38-35(40)31-18-19-34-33(23-31)37-26(3)39(34)24-27-14-16-29(17-15-27)28-10-5-4-6-11-28;2-1-3/h4-6,9-19,22-23,25H,7-8,20-21,24H2,1-3H3,(H,38,40);. The molecule has 1 N–H and O–H groups in total. The Balaban J connectivity index is 0.00000118. The van der Waals surface area contributed by atoms with E-state index in [9.17, 15) is 4.79 Å². The molecule has 4 aromatic carbocycles. The summed E-state index contributed by atoms with van der Waals surface area (Å²) in [6.45, 7) is 7.20. The molecule has 0 spiro atoms. The van der Waals surface area contributed by atoms with Crippen molar-refractivity contribution in [3.05, 3.63) is 125 Å². The third-order valence-corrected chi connectivity index (χ3v) is 8.52. The van der Waals surface area contributed by atoms with Crippen LogP contribution in [0.4, 0.5) is 0 Å². The first-order chi connectivity index (χ1) is 20.8. The molecule has 0 aliphatic heterocycles. The number of nitrogens with one attached hydrogen (secondary N) is 1. The fourth-order valence-electron chi connectivity index (χ4n) is 6.16. The Labute approximate surface area is 252 Å². The molecule has 1 aliphatic rings. The van der Waals surface area contributed by atoms with Gasteiger partial charge in [-0.05, 0) is 71.7 Å². The topological polar surface area (TPSA) is 81.1 Å². The summed E-state index contributed by atoms with van der Waals surface area (Å²) < 4.78 is 2.23. The zero-order valence-corrected chi connectivity index (χ0v) is 25.0. The van der Waals surface area contributed by atoms with Crippen molar-refractivity contribution in [2.24, 2.45) is 0 Å². The van der Waals surface area contributed by atoms with Gasteiger partial charge in [0, 0.05) is 12.1 Å². The second-order valence-corrected chi connectivity index (χ2v) is 11.6. The van der Waals surface area contributed by atoms with Crippen molar-refractivity contribution in [3.8, 4) is 11.1 Å². The Morgan fingerprint density at radius 2 is 1.56 bits per heavy atom. The molecule has 218 valence electrons. The summed E-state index contributed by atoms with van der Waals surface area (Å²) >= 11 is 0. The molecule has 1 fully saturated rings. The van der Waals surface area contributed by atoms with Gasteiger partial charge in [0.25, 0.3) is 5.91 Å². The smallest absolute Gasteiger partial charge is 0.343 e. The highest BCUT2D eigenvalue weighted by Crippen LogP contribution is 2.40. The lowest BCUT2D eigenvalue weighted by molar-refractivity contribution is -0.191. The highest BCUT2D eigenvalue weighted by Gasteiger charge is 2.37. The minimum Gasteiger partial charge on any atom is -0.343 e. The zero-order valence-electron chi connectivity index (χ0n) is 25.0. The zero-order chi connectivity index (χ0) is 30.4. The maximum Gasteiger partial charge on any atom is 0.373 e. The normalized spacial score (nSPS) is 13.8. The van der Waals surface area contributed by atoms with Gasteiger partial charge in [-0.3, -0.25) is 4.79 Å². The van der Waals surface area contributed by atoms with Crippen LogP contribution in [0.2, 0.25) is 0 Å². The summed E-state index contributed by atoms with van der Waals surface area (Å²) in [7, 11) is 0. The summed E-state index contributed by atoms with van der Waals surface area (Å²) in [6.07, 6.45) is 4.45. The summed E-state index contributed by atoms with van der Waals surface area (Å²) in [6, 6.07) is 33.9. The van der Waals surface area contributed by atoms with Gasteiger partial charge in [-0.1, -0.05) is 106 Å². The predicted molar refractivity (Wildman–Crippen MR) is 169 cm³/mol. The maximum atomic E-state index is 13.6. The summed E-state index contributed by atoms with van der Waals surface area (Å²) in [5.41, 5.74) is 8.44. The van der Waals surface area contributed by atoms with Crippen molar-refractivity contribution in [1.82, 2.24) is 14.9 Å². The lowest BCUT2D eigenvalue weighted by Gasteiger charge is -2.32. The second kappa shape index (κ2) is 13.0. The number of aromatic nitrogens is 2. The van der Waals surface area contributed by atoms with E-state index in [1.807, 2.05) is 31.2 Å². The van der Waals surface area contributed by atoms with Crippen molar-refractivity contribution >= 4 is 23.1 Å². The molecular formula is C37H37N3O3. The van der Waals surface area contributed by atoms with Crippen molar-refractivity contribution < 1.29 is 14.4 Å². The first kappa shape index (κ1) is 29.7. The van der Waals surface area contributed by atoms with Crippen LogP contribution in [0.3, 0.4) is 0 Å². The highest BCUT2D eigenvalue weighted by atomic mass is 16.2. The van der Waals surface area contributed by atoms with Crippen molar-refractivity contribution in [2.45, 2.75) is 64.5 Å². The fourth-order valence-corrected chi connectivity index (χ4v) is 6.16. The molecule has 1 aliphatic carbocycles. The van der Waals surface area contributed by atoms with E-state index in [1.54, 1.807) is 0 Å². The number of hydrogen-bond donors (Lipinski definition) is 1. The SMILES string of the molecule is Cc1nc2cc(C(=O)NC3(c4cccc(C(C)C)c4)CCCC3)ccc2n1Cc1ccc(-c2ccccc2)cc1.O=C=O. The third kappa shape index (κ3) is 6.50. The minimum atomic E-state index is -0.307. The van der Waals surface area contributed by atoms with Crippen molar-refractivity contribution in [1.29, 1.82) is 0 Å². The van der Waals surface area contributed by atoms with Crippen molar-refractivity contribution in [3.63, 3.8) is 0 Å². The molecule has 0 bridgehead atoms. The highest BCUT2D eigenvalue weighted by molar-refractivity contribution is 5.98. The van der Waals surface area contributed by atoms with Crippen molar-refractivity contribution in [2.75, 3.05) is 0 Å². The summed E-state index contributed by atoms with van der Waals surface area (Å²) in [5.74, 6) is 1.37. The van der Waals surface area contributed by atoms with E-state index < -0.39 is 0 Å². The molecule has 1 heterocycles. The molecule has 6 heteroatoms. The van der Waals surface area contributed by atoms with Gasteiger partial charge in [0.1, 0.15) is 5.82 Å². The van der Waals surface area contributed by atoms with E-state index in [0.717, 1.165) is 49.1 Å². The molecule has 6 nitrogen and oxygen atoms in total. The third-order valence-electron chi connectivity index (χ3n) is 8.52.